The van der Waals surface area contributed by atoms with Crippen LogP contribution in [-0.2, 0) is 6.54 Å². The van der Waals surface area contributed by atoms with E-state index in [1.807, 2.05) is 31.2 Å². The van der Waals surface area contributed by atoms with E-state index in [0.717, 1.165) is 5.56 Å². The van der Waals surface area contributed by atoms with Gasteiger partial charge in [0.15, 0.2) is 18.1 Å². The first-order valence-electron chi connectivity index (χ1n) is 7.85. The molecule has 0 amide bonds. The lowest BCUT2D eigenvalue weighted by molar-refractivity contribution is -0.391. The molecule has 0 aliphatic carbocycles. The molecule has 3 rings (SSSR count). The van der Waals surface area contributed by atoms with Crippen LogP contribution in [0, 0.1) is 24.0 Å². The van der Waals surface area contributed by atoms with Crippen molar-refractivity contribution in [3.05, 3.63) is 81.7 Å². The number of hydrogen-bond acceptors (Lipinski definition) is 4. The summed E-state index contributed by atoms with van der Waals surface area (Å²) in [6, 6.07) is 16.1. The van der Waals surface area contributed by atoms with Crippen molar-refractivity contribution in [3.8, 4) is 11.3 Å². The summed E-state index contributed by atoms with van der Waals surface area (Å²) in [4.78, 5) is 28.1. The Morgan fingerprint density at radius 2 is 1.72 bits per heavy atom. The highest BCUT2D eigenvalue weighted by atomic mass is 16.6. The summed E-state index contributed by atoms with van der Waals surface area (Å²) < 4.78 is 1.37. The fraction of sp³-hybridized carbons (Fsp3) is 0.158. The average Bonchev–Trinajstić information content (AvgIpc) is 2.92. The van der Waals surface area contributed by atoms with Gasteiger partial charge in [0.1, 0.15) is 0 Å². The molecule has 0 fully saturated rings. The highest BCUT2D eigenvalue weighted by Crippen LogP contribution is 2.32. The molecule has 0 aliphatic rings. The van der Waals surface area contributed by atoms with E-state index in [4.69, 9.17) is 0 Å². The lowest BCUT2D eigenvalue weighted by Gasteiger charge is -2.05. The number of benzene rings is 2. The number of carbonyl (C=O) groups is 1. The maximum absolute atomic E-state index is 12.5. The number of aromatic nitrogens is 2. The van der Waals surface area contributed by atoms with E-state index in [9.17, 15) is 14.9 Å². The van der Waals surface area contributed by atoms with Crippen LogP contribution in [0.3, 0.4) is 0 Å². The van der Waals surface area contributed by atoms with Gasteiger partial charge >= 0.3 is 5.82 Å². The Kier molecular flexibility index (Phi) is 4.43. The third kappa shape index (κ3) is 3.19. The van der Waals surface area contributed by atoms with E-state index < -0.39 is 4.92 Å². The van der Waals surface area contributed by atoms with Gasteiger partial charge in [0.05, 0.1) is 0 Å². The van der Waals surface area contributed by atoms with Gasteiger partial charge in [-0.25, -0.2) is 9.55 Å². The zero-order valence-corrected chi connectivity index (χ0v) is 14.0. The predicted molar refractivity (Wildman–Crippen MR) is 94.6 cm³/mol. The topological polar surface area (TPSA) is 78.0 Å². The normalized spacial score (nSPS) is 10.6. The van der Waals surface area contributed by atoms with Crippen LogP contribution in [0.2, 0.25) is 0 Å². The molecule has 0 radical (unpaired) electrons. The largest absolute Gasteiger partial charge is 0.358 e. The first-order chi connectivity index (χ1) is 12.0. The molecule has 0 N–H and O–H groups in total. The van der Waals surface area contributed by atoms with Gasteiger partial charge in [-0.3, -0.25) is 4.79 Å². The van der Waals surface area contributed by atoms with Gasteiger partial charge in [-0.1, -0.05) is 54.6 Å². The highest BCUT2D eigenvalue weighted by molar-refractivity contribution is 5.96. The molecule has 6 heteroatoms. The van der Waals surface area contributed by atoms with Crippen LogP contribution in [0.1, 0.15) is 21.7 Å². The molecule has 0 aliphatic heterocycles. The molecule has 0 saturated carbocycles. The van der Waals surface area contributed by atoms with Crippen LogP contribution < -0.4 is 0 Å². The first-order valence-corrected chi connectivity index (χ1v) is 7.85. The van der Waals surface area contributed by atoms with Crippen LogP contribution >= 0.6 is 0 Å². The molecule has 1 aromatic heterocycles. The van der Waals surface area contributed by atoms with Crippen molar-refractivity contribution in [3.63, 3.8) is 0 Å². The smallest absolute Gasteiger partial charge is 0.351 e. The second kappa shape index (κ2) is 6.68. The predicted octanol–water partition coefficient (Wildman–Crippen LogP) is 3.96. The van der Waals surface area contributed by atoms with Crippen molar-refractivity contribution < 1.29 is 9.72 Å². The first kappa shape index (κ1) is 16.6. The quantitative estimate of drug-likeness (QED) is 0.402. The molecular weight excluding hydrogens is 318 g/mol. The van der Waals surface area contributed by atoms with Gasteiger partial charge in [0, 0.05) is 18.1 Å². The summed E-state index contributed by atoms with van der Waals surface area (Å²) in [5.41, 5.74) is 2.40. The van der Waals surface area contributed by atoms with Crippen molar-refractivity contribution >= 4 is 11.6 Å². The fourth-order valence-corrected chi connectivity index (χ4v) is 2.81. The minimum Gasteiger partial charge on any atom is -0.358 e. The highest BCUT2D eigenvalue weighted by Gasteiger charge is 2.28. The Balaban J connectivity index is 2.08. The van der Waals surface area contributed by atoms with E-state index >= 15 is 0 Å². The van der Waals surface area contributed by atoms with Crippen LogP contribution in [0.5, 0.6) is 0 Å². The van der Waals surface area contributed by atoms with Crippen molar-refractivity contribution in [2.45, 2.75) is 20.4 Å². The lowest BCUT2D eigenvalue weighted by Crippen LogP contribution is -2.13. The van der Waals surface area contributed by atoms with Crippen LogP contribution in [0.25, 0.3) is 11.3 Å². The van der Waals surface area contributed by atoms with Crippen LogP contribution in [0.15, 0.2) is 54.6 Å². The van der Waals surface area contributed by atoms with Crippen molar-refractivity contribution in [2.75, 3.05) is 0 Å². The van der Waals surface area contributed by atoms with Gasteiger partial charge in [-0.15, -0.1) is 0 Å². The summed E-state index contributed by atoms with van der Waals surface area (Å²) in [5, 5.41) is 11.7. The van der Waals surface area contributed by atoms with Crippen molar-refractivity contribution in [1.82, 2.24) is 9.55 Å². The van der Waals surface area contributed by atoms with Gasteiger partial charge in [-0.05, 0) is 17.4 Å². The zero-order valence-electron chi connectivity index (χ0n) is 14.0. The summed E-state index contributed by atoms with van der Waals surface area (Å²) in [7, 11) is 0. The molecule has 0 unspecified atom stereocenters. The van der Waals surface area contributed by atoms with Gasteiger partial charge in [-0.2, -0.15) is 0 Å². The molecule has 25 heavy (non-hydrogen) atoms. The molecule has 0 atom stereocenters. The lowest BCUT2D eigenvalue weighted by atomic mass is 10.1. The molecule has 3 aromatic rings. The van der Waals surface area contributed by atoms with E-state index in [1.54, 1.807) is 37.3 Å². The molecule has 126 valence electrons. The number of imidazole rings is 1. The minimum atomic E-state index is -0.472. The maximum Gasteiger partial charge on any atom is 0.351 e. The molecule has 0 saturated heterocycles. The summed E-state index contributed by atoms with van der Waals surface area (Å²) in [5.74, 6) is 0.0887. The van der Waals surface area contributed by atoms with Crippen molar-refractivity contribution in [2.24, 2.45) is 0 Å². The number of Topliss-reactive ketones (excluding diaryl/α,β-unsaturated/α-hetero) is 1. The Labute approximate surface area is 144 Å². The standard InChI is InChI=1S/C19H17N3O3/c1-13-8-6-7-11-16(13)18-19(22(24)25)21(14(2)20-18)12-17(23)15-9-4-3-5-10-15/h3-11H,12H2,1-2H3. The van der Waals surface area contributed by atoms with Crippen molar-refractivity contribution in [1.29, 1.82) is 0 Å². The number of nitro groups is 1. The Morgan fingerprint density at radius 1 is 1.08 bits per heavy atom. The summed E-state index contributed by atoms with van der Waals surface area (Å²) in [6.45, 7) is 3.43. The van der Waals surface area contributed by atoms with E-state index in [1.165, 1.54) is 4.57 Å². The molecule has 0 bridgehead atoms. The third-order valence-electron chi connectivity index (χ3n) is 4.10. The number of carbonyl (C=O) groups excluding carboxylic acids is 1. The van der Waals surface area contributed by atoms with Gasteiger partial charge in [0.2, 0.25) is 5.78 Å². The number of hydrogen-bond donors (Lipinski definition) is 0. The van der Waals surface area contributed by atoms with E-state index in [0.29, 0.717) is 22.6 Å². The number of aryl methyl sites for hydroxylation is 2. The summed E-state index contributed by atoms with van der Waals surface area (Å²) in [6.07, 6.45) is 0. The van der Waals surface area contributed by atoms with E-state index in [-0.39, 0.29) is 18.1 Å². The number of nitrogens with zero attached hydrogens (tertiary/aromatic N) is 3. The van der Waals surface area contributed by atoms with Gasteiger partial charge in [0.25, 0.3) is 0 Å². The van der Waals surface area contributed by atoms with Gasteiger partial charge < -0.3 is 10.1 Å². The number of ketones is 1. The third-order valence-corrected chi connectivity index (χ3v) is 4.10. The fourth-order valence-electron chi connectivity index (χ4n) is 2.81. The molecule has 2 aromatic carbocycles. The SMILES string of the molecule is Cc1ccccc1-c1nc(C)n(CC(=O)c2ccccc2)c1[N+](=O)[O-]. The van der Waals surface area contributed by atoms with Crippen LogP contribution in [0.4, 0.5) is 5.82 Å². The number of rotatable bonds is 5. The Hall–Kier alpha value is -3.28. The average molecular weight is 335 g/mol. The van der Waals surface area contributed by atoms with E-state index in [2.05, 4.69) is 4.98 Å². The zero-order chi connectivity index (χ0) is 18.0. The Bertz CT molecular complexity index is 946. The maximum atomic E-state index is 12.5. The molecule has 1 heterocycles. The molecular formula is C19H17N3O3. The minimum absolute atomic E-state index is 0.120. The monoisotopic (exact) mass is 335 g/mol. The van der Waals surface area contributed by atoms with Crippen LogP contribution in [-0.4, -0.2) is 20.3 Å². The second-order valence-electron chi connectivity index (χ2n) is 5.78. The second-order valence-corrected chi connectivity index (χ2v) is 5.78. The summed E-state index contributed by atoms with van der Waals surface area (Å²) >= 11 is 0. The Morgan fingerprint density at radius 3 is 2.36 bits per heavy atom. The molecule has 0 spiro atoms. The molecule has 6 nitrogen and oxygen atoms in total.